The number of phenolic OH excluding ortho intramolecular Hbond substituents is 1. The predicted octanol–water partition coefficient (Wildman–Crippen LogP) is 2.21. The molecule has 0 aromatic heterocycles. The van der Waals surface area contributed by atoms with Gasteiger partial charge in [0.1, 0.15) is 0 Å². The molecule has 0 amide bonds. The van der Waals surface area contributed by atoms with E-state index in [9.17, 15) is 9.90 Å². The van der Waals surface area contributed by atoms with Crippen LogP contribution in [0.1, 0.15) is 24.2 Å². The van der Waals surface area contributed by atoms with Gasteiger partial charge in [-0.05, 0) is 24.1 Å². The molecule has 4 nitrogen and oxygen atoms in total. The smallest absolute Gasteiger partial charge is 0.338 e. The van der Waals surface area contributed by atoms with Crippen molar-refractivity contribution < 1.29 is 19.4 Å². The van der Waals surface area contributed by atoms with E-state index in [1.165, 1.54) is 25.3 Å². The Morgan fingerprint density at radius 3 is 2.69 bits per heavy atom. The van der Waals surface area contributed by atoms with Crippen LogP contribution >= 0.6 is 0 Å². The van der Waals surface area contributed by atoms with Gasteiger partial charge in [0.05, 0.1) is 19.3 Å². The van der Waals surface area contributed by atoms with E-state index >= 15 is 0 Å². The number of esters is 1. The van der Waals surface area contributed by atoms with Crippen LogP contribution in [0.4, 0.5) is 0 Å². The first-order chi connectivity index (χ1) is 7.54. The lowest BCUT2D eigenvalue weighted by Crippen LogP contribution is -2.10. The highest BCUT2D eigenvalue weighted by molar-refractivity contribution is 5.90. The number of ether oxygens (including phenoxy) is 2. The Balaban J connectivity index is 2.76. The summed E-state index contributed by atoms with van der Waals surface area (Å²) in [5.41, 5.74) is 0.371. The number of methoxy groups -OCH3 is 1. The number of hydrogen-bond donors (Lipinski definition) is 1. The van der Waals surface area contributed by atoms with Crippen LogP contribution in [0.25, 0.3) is 0 Å². The highest BCUT2D eigenvalue weighted by Gasteiger charge is 2.11. The second-order valence-corrected chi connectivity index (χ2v) is 3.88. The standard InChI is InChI=1S/C12H16O4/c1-8(2)7-16-12(14)9-4-5-10(13)11(6-9)15-3/h4-6,8,13H,7H2,1-3H3. The fraction of sp³-hybridized carbons (Fsp3) is 0.417. The second kappa shape index (κ2) is 5.39. The maximum Gasteiger partial charge on any atom is 0.338 e. The van der Waals surface area contributed by atoms with E-state index in [0.717, 1.165) is 0 Å². The van der Waals surface area contributed by atoms with Crippen molar-refractivity contribution in [3.63, 3.8) is 0 Å². The summed E-state index contributed by atoms with van der Waals surface area (Å²) in [5, 5.41) is 9.36. The van der Waals surface area contributed by atoms with Gasteiger partial charge in [0.25, 0.3) is 0 Å². The van der Waals surface area contributed by atoms with Crippen molar-refractivity contribution in [2.75, 3.05) is 13.7 Å². The van der Waals surface area contributed by atoms with Crippen LogP contribution in [-0.4, -0.2) is 24.8 Å². The van der Waals surface area contributed by atoms with Crippen molar-refractivity contribution >= 4 is 5.97 Å². The highest BCUT2D eigenvalue weighted by atomic mass is 16.5. The molecule has 1 aromatic rings. The normalized spacial score (nSPS) is 10.2. The van der Waals surface area contributed by atoms with Gasteiger partial charge in [-0.25, -0.2) is 4.79 Å². The van der Waals surface area contributed by atoms with E-state index in [1.54, 1.807) is 0 Å². The van der Waals surface area contributed by atoms with Gasteiger partial charge in [-0.15, -0.1) is 0 Å². The van der Waals surface area contributed by atoms with Crippen LogP contribution in [0.15, 0.2) is 18.2 Å². The van der Waals surface area contributed by atoms with Crippen molar-refractivity contribution in [1.29, 1.82) is 0 Å². The number of carbonyl (C=O) groups excluding carboxylic acids is 1. The molecule has 0 aliphatic carbocycles. The third-order valence-corrected chi connectivity index (χ3v) is 1.96. The monoisotopic (exact) mass is 224 g/mol. The van der Waals surface area contributed by atoms with E-state index in [2.05, 4.69) is 0 Å². The summed E-state index contributed by atoms with van der Waals surface area (Å²) in [5.74, 6) is 0.150. The molecule has 0 unspecified atom stereocenters. The number of hydrogen-bond acceptors (Lipinski definition) is 4. The minimum absolute atomic E-state index is 0.00269. The Morgan fingerprint density at radius 1 is 1.44 bits per heavy atom. The average Bonchev–Trinajstić information content (AvgIpc) is 2.26. The van der Waals surface area contributed by atoms with E-state index in [1.807, 2.05) is 13.8 Å². The molecule has 1 rings (SSSR count). The van der Waals surface area contributed by atoms with Crippen LogP contribution in [-0.2, 0) is 4.74 Å². The van der Waals surface area contributed by atoms with Gasteiger partial charge in [0, 0.05) is 0 Å². The van der Waals surface area contributed by atoms with Gasteiger partial charge in [0.2, 0.25) is 0 Å². The minimum Gasteiger partial charge on any atom is -0.504 e. The van der Waals surface area contributed by atoms with Crippen molar-refractivity contribution in [3.05, 3.63) is 23.8 Å². The quantitative estimate of drug-likeness (QED) is 0.797. The molecule has 1 N–H and O–H groups in total. The summed E-state index contributed by atoms with van der Waals surface area (Å²) in [4.78, 5) is 11.6. The number of benzene rings is 1. The molecular formula is C12H16O4. The van der Waals surface area contributed by atoms with Crippen molar-refractivity contribution in [1.82, 2.24) is 0 Å². The van der Waals surface area contributed by atoms with E-state index < -0.39 is 5.97 Å². The van der Waals surface area contributed by atoms with E-state index in [-0.39, 0.29) is 11.5 Å². The average molecular weight is 224 g/mol. The minimum atomic E-state index is -0.410. The van der Waals surface area contributed by atoms with Gasteiger partial charge in [-0.1, -0.05) is 13.8 Å². The molecule has 0 aliphatic rings. The van der Waals surface area contributed by atoms with Crippen molar-refractivity contribution in [2.45, 2.75) is 13.8 Å². The summed E-state index contributed by atoms with van der Waals surface area (Å²) in [6, 6.07) is 4.36. The molecule has 4 heteroatoms. The number of phenols is 1. The summed E-state index contributed by atoms with van der Waals surface area (Å²) in [7, 11) is 1.43. The molecule has 0 spiro atoms. The molecule has 16 heavy (non-hydrogen) atoms. The molecule has 0 saturated heterocycles. The Labute approximate surface area is 94.8 Å². The van der Waals surface area contributed by atoms with E-state index in [4.69, 9.17) is 9.47 Å². The highest BCUT2D eigenvalue weighted by Crippen LogP contribution is 2.26. The second-order valence-electron chi connectivity index (χ2n) is 3.88. The zero-order chi connectivity index (χ0) is 12.1. The van der Waals surface area contributed by atoms with Crippen LogP contribution in [0.2, 0.25) is 0 Å². The molecule has 0 bridgehead atoms. The fourth-order valence-electron chi connectivity index (χ4n) is 1.13. The van der Waals surface area contributed by atoms with Gasteiger partial charge in [0.15, 0.2) is 11.5 Å². The van der Waals surface area contributed by atoms with Crippen LogP contribution in [0, 0.1) is 5.92 Å². The number of aromatic hydroxyl groups is 1. The lowest BCUT2D eigenvalue weighted by Gasteiger charge is -2.08. The topological polar surface area (TPSA) is 55.8 Å². The molecule has 88 valence electrons. The Morgan fingerprint density at radius 2 is 2.12 bits per heavy atom. The first-order valence-corrected chi connectivity index (χ1v) is 5.08. The zero-order valence-electron chi connectivity index (χ0n) is 9.69. The summed E-state index contributed by atoms with van der Waals surface area (Å²) < 4.78 is 9.96. The van der Waals surface area contributed by atoms with Crippen LogP contribution in [0.3, 0.4) is 0 Å². The largest absolute Gasteiger partial charge is 0.504 e. The van der Waals surface area contributed by atoms with Gasteiger partial charge in [-0.3, -0.25) is 0 Å². The molecule has 1 aromatic carbocycles. The van der Waals surface area contributed by atoms with Gasteiger partial charge >= 0.3 is 5.97 Å². The molecule has 0 radical (unpaired) electrons. The Hall–Kier alpha value is -1.71. The molecule has 0 heterocycles. The maximum atomic E-state index is 11.6. The lowest BCUT2D eigenvalue weighted by atomic mass is 10.2. The van der Waals surface area contributed by atoms with Crippen molar-refractivity contribution in [2.24, 2.45) is 5.92 Å². The zero-order valence-corrected chi connectivity index (χ0v) is 9.69. The Kier molecular flexibility index (Phi) is 4.17. The lowest BCUT2D eigenvalue weighted by molar-refractivity contribution is 0.0458. The Bertz CT molecular complexity index is 371. The maximum absolute atomic E-state index is 11.6. The van der Waals surface area contributed by atoms with Crippen molar-refractivity contribution in [3.8, 4) is 11.5 Å². The third kappa shape index (κ3) is 3.15. The SMILES string of the molecule is COc1cc(C(=O)OCC(C)C)ccc1O. The molecule has 0 fully saturated rings. The summed E-state index contributed by atoms with van der Waals surface area (Å²) in [6.45, 7) is 4.30. The number of rotatable bonds is 4. The third-order valence-electron chi connectivity index (χ3n) is 1.96. The van der Waals surface area contributed by atoms with Crippen LogP contribution < -0.4 is 4.74 Å². The van der Waals surface area contributed by atoms with Gasteiger partial charge < -0.3 is 14.6 Å². The van der Waals surface area contributed by atoms with E-state index in [0.29, 0.717) is 18.1 Å². The summed E-state index contributed by atoms with van der Waals surface area (Å²) in [6.07, 6.45) is 0. The van der Waals surface area contributed by atoms with Gasteiger partial charge in [-0.2, -0.15) is 0 Å². The fourth-order valence-corrected chi connectivity index (χ4v) is 1.13. The van der Waals surface area contributed by atoms with Crippen LogP contribution in [0.5, 0.6) is 11.5 Å². The summed E-state index contributed by atoms with van der Waals surface area (Å²) >= 11 is 0. The molecular weight excluding hydrogens is 208 g/mol. The molecule has 0 atom stereocenters. The predicted molar refractivity (Wildman–Crippen MR) is 59.8 cm³/mol. The molecule has 0 aliphatic heterocycles. The number of carbonyl (C=O) groups is 1. The first-order valence-electron chi connectivity index (χ1n) is 5.08. The molecule has 0 saturated carbocycles. The first kappa shape index (κ1) is 12.4.